The molecule has 16 aromatic carbocycles. The lowest BCUT2D eigenvalue weighted by atomic mass is 10.0. The summed E-state index contributed by atoms with van der Waals surface area (Å²) < 4.78 is 59.3. The Morgan fingerprint density at radius 2 is 0.402 bits per heavy atom. The van der Waals surface area contributed by atoms with E-state index >= 15 is 0 Å². The lowest BCUT2D eigenvalue weighted by Crippen LogP contribution is -2.18. The van der Waals surface area contributed by atoms with E-state index in [0.717, 1.165) is 201 Å². The van der Waals surface area contributed by atoms with Gasteiger partial charge in [-0.25, -0.2) is 0 Å². The SMILES string of the molecule is COc1ccc(N(c2ccc(OC)cc2)c2ccc3c(c2)Oc2cc(N(c4ccc(OC)cc4)c4ccc(OC)cc4)ccc2N3c2ccc(-c3ccc(-c4ccc5c(c4)C(=O)c4cc(-c6ccc(-c7ccc(N8c9ccc(N(c%10ccc(OC)cc%10)c%10ccc(OC)cc%10)cc9Oc9cc(N(c%10ccc(OC)cc%10)c%10ccc(OC)cc%10)ccc98)cc7)s6)ccc4-5)s3)cc2)cc1. The van der Waals surface area contributed by atoms with Crippen molar-refractivity contribution in [1.82, 2.24) is 0 Å². The second kappa shape index (κ2) is 35.2. The molecule has 18 aromatic rings. The fraction of sp³-hybridized carbons (Fsp3) is 0.0708. The Labute approximate surface area is 773 Å². The zero-order chi connectivity index (χ0) is 89.6. The van der Waals surface area contributed by atoms with E-state index in [4.69, 9.17) is 47.4 Å². The summed E-state index contributed by atoms with van der Waals surface area (Å²) in [6.07, 6.45) is 0. The molecule has 2 aromatic heterocycles. The first-order valence-electron chi connectivity index (χ1n) is 43.0. The summed E-state index contributed by atoms with van der Waals surface area (Å²) in [6.45, 7) is 0. The fourth-order valence-corrected chi connectivity index (χ4v) is 19.6. The number of carbonyl (C=O) groups is 1. The first-order valence-corrected chi connectivity index (χ1v) is 44.6. The number of ketones is 1. The van der Waals surface area contributed by atoms with Gasteiger partial charge in [0, 0.05) is 135 Å². The molecule has 19 heteroatoms. The van der Waals surface area contributed by atoms with E-state index in [9.17, 15) is 4.79 Å². The van der Waals surface area contributed by atoms with Crippen molar-refractivity contribution in [2.45, 2.75) is 0 Å². The Kier molecular flexibility index (Phi) is 22.0. The molecule has 0 saturated heterocycles. The van der Waals surface area contributed by atoms with Gasteiger partial charge >= 0.3 is 0 Å². The number of fused-ring (bicyclic) bond motifs is 7. The molecule has 0 bridgehead atoms. The number of hydrogen-bond donors (Lipinski definition) is 0. The minimum Gasteiger partial charge on any atom is -0.497 e. The highest BCUT2D eigenvalue weighted by Gasteiger charge is 2.34. The zero-order valence-electron chi connectivity index (χ0n) is 73.3. The minimum absolute atomic E-state index is 0.0121. The van der Waals surface area contributed by atoms with Crippen LogP contribution in [0.1, 0.15) is 15.9 Å². The Hall–Kier alpha value is -16.6. The quantitative estimate of drug-likeness (QED) is 0.0509. The third-order valence-electron chi connectivity index (χ3n) is 24.3. The number of methoxy groups -OCH3 is 8. The first kappa shape index (κ1) is 82.4. The minimum atomic E-state index is 0.0121. The predicted molar refractivity (Wildman–Crippen MR) is 533 cm³/mol. The molecule has 0 amide bonds. The summed E-state index contributed by atoms with van der Waals surface area (Å²) >= 11 is 3.40. The number of nitrogens with zero attached hydrogens (tertiary/aromatic N) is 6. The van der Waals surface area contributed by atoms with Gasteiger partial charge in [-0.3, -0.25) is 4.79 Å². The molecular weight excluding hydrogens is 1680 g/mol. The molecular formula is C113H86N6O11S2. The maximum atomic E-state index is 14.9. The van der Waals surface area contributed by atoms with Crippen LogP contribution in [-0.2, 0) is 0 Å². The van der Waals surface area contributed by atoms with Crippen molar-refractivity contribution in [3.63, 3.8) is 0 Å². The third-order valence-corrected chi connectivity index (χ3v) is 26.6. The van der Waals surface area contributed by atoms with Gasteiger partial charge in [0.15, 0.2) is 28.8 Å². The largest absolute Gasteiger partial charge is 0.497 e. The van der Waals surface area contributed by atoms with Gasteiger partial charge in [-0.15, -0.1) is 22.7 Å². The van der Waals surface area contributed by atoms with Gasteiger partial charge in [-0.2, -0.15) is 0 Å². The average molecular weight is 1770 g/mol. The number of anilines is 18. The molecule has 0 radical (unpaired) electrons. The molecule has 17 nitrogen and oxygen atoms in total. The number of hydrogen-bond acceptors (Lipinski definition) is 19. The van der Waals surface area contributed by atoms with Crippen LogP contribution in [0.2, 0.25) is 0 Å². The molecule has 132 heavy (non-hydrogen) atoms. The molecule has 21 rings (SSSR count). The van der Waals surface area contributed by atoms with E-state index in [-0.39, 0.29) is 5.78 Å². The number of thiophene rings is 2. The van der Waals surface area contributed by atoms with E-state index in [1.54, 1.807) is 79.6 Å². The van der Waals surface area contributed by atoms with Gasteiger partial charge in [-0.05, 0) is 337 Å². The van der Waals surface area contributed by atoms with E-state index in [1.165, 1.54) is 0 Å². The highest BCUT2D eigenvalue weighted by atomic mass is 32.1. The van der Waals surface area contributed by atoms with Crippen LogP contribution in [0.5, 0.6) is 69.0 Å². The van der Waals surface area contributed by atoms with Crippen LogP contribution >= 0.6 is 22.7 Å². The molecule has 0 unspecified atom stereocenters. The Morgan fingerprint density at radius 3 is 0.614 bits per heavy atom. The van der Waals surface area contributed by atoms with Gasteiger partial charge in [0.1, 0.15) is 46.0 Å². The van der Waals surface area contributed by atoms with E-state index in [0.29, 0.717) is 34.1 Å². The summed E-state index contributed by atoms with van der Waals surface area (Å²) in [4.78, 5) is 32.5. The summed E-state index contributed by atoms with van der Waals surface area (Å²) in [5.74, 6) is 8.65. The monoisotopic (exact) mass is 1770 g/mol. The summed E-state index contributed by atoms with van der Waals surface area (Å²) in [5.41, 5.74) is 23.6. The molecule has 1 aliphatic carbocycles. The van der Waals surface area contributed by atoms with Gasteiger partial charge in [0.05, 0.1) is 79.6 Å². The van der Waals surface area contributed by atoms with Crippen LogP contribution in [0.3, 0.4) is 0 Å². The van der Waals surface area contributed by atoms with Crippen LogP contribution in [0, 0.1) is 0 Å². The number of carbonyl (C=O) groups excluding carboxylic acids is 1. The maximum Gasteiger partial charge on any atom is 0.194 e. The number of rotatable bonds is 26. The summed E-state index contributed by atoms with van der Waals surface area (Å²) in [6, 6.07) is 128. The second-order valence-corrected chi connectivity index (χ2v) is 33.8. The molecule has 3 aliphatic rings. The van der Waals surface area contributed by atoms with Crippen molar-refractivity contribution in [3.8, 4) is 122 Å². The second-order valence-electron chi connectivity index (χ2n) is 31.7. The van der Waals surface area contributed by atoms with Gasteiger partial charge in [0.2, 0.25) is 0 Å². The van der Waals surface area contributed by atoms with Crippen molar-refractivity contribution in [1.29, 1.82) is 0 Å². The van der Waals surface area contributed by atoms with Crippen LogP contribution in [-0.4, -0.2) is 62.7 Å². The van der Waals surface area contributed by atoms with Gasteiger partial charge < -0.3 is 76.8 Å². The third kappa shape index (κ3) is 15.6. The molecule has 0 fully saturated rings. The Morgan fingerprint density at radius 1 is 0.205 bits per heavy atom. The van der Waals surface area contributed by atoms with Crippen molar-refractivity contribution in [3.05, 3.63) is 387 Å². The molecule has 0 spiro atoms. The lowest BCUT2D eigenvalue weighted by molar-refractivity contribution is 0.104. The molecule has 0 N–H and O–H groups in total. The average Bonchev–Trinajstić information content (AvgIpc) is 0.994. The molecule has 4 heterocycles. The van der Waals surface area contributed by atoms with Crippen LogP contribution in [0.25, 0.3) is 52.9 Å². The topological polar surface area (TPSA) is 129 Å². The van der Waals surface area contributed by atoms with Gasteiger partial charge in [-0.1, -0.05) is 48.5 Å². The fourth-order valence-electron chi connectivity index (χ4n) is 17.6. The highest BCUT2D eigenvalue weighted by molar-refractivity contribution is 7.19. The van der Waals surface area contributed by atoms with Crippen molar-refractivity contribution in [2.75, 3.05) is 86.3 Å². The molecule has 646 valence electrons. The normalized spacial score (nSPS) is 11.9. The Balaban J connectivity index is 0.559. The Bertz CT molecular complexity index is 6400. The van der Waals surface area contributed by atoms with Gasteiger partial charge in [0.25, 0.3) is 0 Å². The van der Waals surface area contributed by atoms with Crippen LogP contribution < -0.4 is 76.8 Å². The maximum absolute atomic E-state index is 14.9. The summed E-state index contributed by atoms with van der Waals surface area (Å²) in [7, 11) is 13.4. The molecule has 0 saturated carbocycles. The first-order chi connectivity index (χ1) is 64.9. The van der Waals surface area contributed by atoms with E-state index < -0.39 is 0 Å². The predicted octanol–water partition coefficient (Wildman–Crippen LogP) is 30.8. The summed E-state index contributed by atoms with van der Waals surface area (Å²) in [5, 5.41) is 0. The molecule has 0 atom stereocenters. The lowest BCUT2D eigenvalue weighted by Gasteiger charge is -2.35. The smallest absolute Gasteiger partial charge is 0.194 e. The molecule has 2 aliphatic heterocycles. The standard InChI is InChI=1S/C113H86N6O11S2/c1-121-89-39-19-75(20-40-89)114(76-21-41-90(122-2)42-22-76)85-35-57-101-105(67-85)129-106-68-86(115(77-23-43-91(123-3)44-24-77)78-25-45-92(124-4)46-26-78)36-58-102(106)118(101)83-15-9-71(10-16-83)109-61-63-111(131-109)73-13-55-97-98-56-14-74(66-100(98)113(120)99(97)65-73)112-64-62-110(132-112)72-11-17-84(18-12-72)119-103-59-37-87(116(79-27-47-93(125-5)48-28-79)80-29-49-94(126-6)50-30-80)69-107(103)130-108-70-88(38-60-104(108)119)117(81-31-51-95(127-7)52-32-81)82-33-53-96(128-8)54-34-82/h9-70H,1-8H3. The highest BCUT2D eigenvalue weighted by Crippen LogP contribution is 2.58. The zero-order valence-corrected chi connectivity index (χ0v) is 74.9. The van der Waals surface area contributed by atoms with Crippen LogP contribution in [0.4, 0.5) is 102 Å². The van der Waals surface area contributed by atoms with E-state index in [1.807, 2.05) is 97.1 Å². The number of benzene rings is 16. The van der Waals surface area contributed by atoms with Crippen molar-refractivity contribution < 1.29 is 52.2 Å². The van der Waals surface area contributed by atoms with Crippen LogP contribution in [0.15, 0.2) is 376 Å². The van der Waals surface area contributed by atoms with E-state index in [2.05, 4.69) is 308 Å². The van der Waals surface area contributed by atoms with Crippen molar-refractivity contribution >= 4 is 131 Å². The number of ether oxygens (including phenoxy) is 10. The van der Waals surface area contributed by atoms with Crippen molar-refractivity contribution in [2.24, 2.45) is 0 Å².